The number of likely N-dealkylation sites (N-methyl/N-ethyl adjacent to an activating group) is 1. The molecule has 1 aliphatic heterocycles. The second-order valence-corrected chi connectivity index (χ2v) is 6.25. The molecule has 2 aromatic rings. The van der Waals surface area contributed by atoms with Crippen LogP contribution in [-0.4, -0.2) is 31.1 Å². The second kappa shape index (κ2) is 7.66. The van der Waals surface area contributed by atoms with Crippen LogP contribution in [0.3, 0.4) is 0 Å². The summed E-state index contributed by atoms with van der Waals surface area (Å²) in [4.78, 5) is 26.0. The highest BCUT2D eigenvalue weighted by molar-refractivity contribution is 6.30. The van der Waals surface area contributed by atoms with Crippen LogP contribution in [0.4, 0.5) is 11.4 Å². The fourth-order valence-electron chi connectivity index (χ4n) is 2.69. The number of hydrogen-bond donors (Lipinski definition) is 1. The van der Waals surface area contributed by atoms with Crippen molar-refractivity contribution in [3.05, 3.63) is 47.5 Å². The molecule has 0 saturated heterocycles. The number of carbonyl (C=O) groups excluding carboxylic acids is 2. The highest BCUT2D eigenvalue weighted by Gasteiger charge is 2.30. The van der Waals surface area contributed by atoms with Crippen molar-refractivity contribution in [1.29, 1.82) is 0 Å². The lowest BCUT2D eigenvalue weighted by Gasteiger charge is -2.32. The van der Waals surface area contributed by atoms with E-state index >= 15 is 0 Å². The number of hydrogen-bond acceptors (Lipinski definition) is 4. The van der Waals surface area contributed by atoms with Gasteiger partial charge in [0, 0.05) is 17.3 Å². The van der Waals surface area contributed by atoms with Gasteiger partial charge in [-0.2, -0.15) is 0 Å². The van der Waals surface area contributed by atoms with Gasteiger partial charge in [0.2, 0.25) is 0 Å². The number of ether oxygens (including phenoxy) is 2. The van der Waals surface area contributed by atoms with Gasteiger partial charge in [0.15, 0.2) is 12.7 Å². The SMILES string of the molecule is CCN1C(=O)C(C)Oc2ccc(NC(=O)COc3ccc(Cl)cc3)cc21. The Morgan fingerprint density at radius 1 is 1.27 bits per heavy atom. The Bertz CT molecular complexity index is 823. The molecule has 0 aromatic heterocycles. The van der Waals surface area contributed by atoms with Crippen LogP contribution in [0, 0.1) is 0 Å². The normalized spacial score (nSPS) is 15.9. The highest BCUT2D eigenvalue weighted by Crippen LogP contribution is 2.36. The predicted octanol–water partition coefficient (Wildman–Crippen LogP) is 3.49. The molecule has 0 bridgehead atoms. The zero-order chi connectivity index (χ0) is 18.7. The lowest BCUT2D eigenvalue weighted by molar-refractivity contribution is -0.125. The van der Waals surface area contributed by atoms with Crippen LogP contribution >= 0.6 is 11.6 Å². The standard InChI is InChI=1S/C19H19ClN2O4/c1-3-22-16-10-14(6-9-17(16)26-12(2)19(22)24)21-18(23)11-25-15-7-4-13(20)5-8-15/h4-10,12H,3,11H2,1-2H3,(H,21,23). The van der Waals surface area contributed by atoms with E-state index in [0.717, 1.165) is 0 Å². The van der Waals surface area contributed by atoms with Gasteiger partial charge < -0.3 is 19.7 Å². The molecule has 136 valence electrons. The van der Waals surface area contributed by atoms with Gasteiger partial charge in [-0.3, -0.25) is 9.59 Å². The minimum absolute atomic E-state index is 0.102. The fourth-order valence-corrected chi connectivity index (χ4v) is 2.81. The predicted molar refractivity (Wildman–Crippen MR) is 100 cm³/mol. The molecule has 7 heteroatoms. The zero-order valence-corrected chi connectivity index (χ0v) is 15.2. The number of nitrogens with one attached hydrogen (secondary N) is 1. The molecule has 1 unspecified atom stereocenters. The maximum absolute atomic E-state index is 12.2. The van der Waals surface area contributed by atoms with Crippen LogP contribution < -0.4 is 19.7 Å². The van der Waals surface area contributed by atoms with E-state index < -0.39 is 6.10 Å². The van der Waals surface area contributed by atoms with Crippen molar-refractivity contribution >= 4 is 34.8 Å². The number of nitrogens with zero attached hydrogens (tertiary/aromatic N) is 1. The summed E-state index contributed by atoms with van der Waals surface area (Å²) in [7, 11) is 0. The molecule has 0 spiro atoms. The maximum Gasteiger partial charge on any atom is 0.267 e. The van der Waals surface area contributed by atoms with E-state index in [9.17, 15) is 9.59 Å². The largest absolute Gasteiger partial charge is 0.484 e. The number of anilines is 2. The Hall–Kier alpha value is -2.73. The van der Waals surface area contributed by atoms with Crippen LogP contribution in [-0.2, 0) is 9.59 Å². The van der Waals surface area contributed by atoms with Gasteiger partial charge in [0.05, 0.1) is 5.69 Å². The number of rotatable bonds is 5. The third-order valence-electron chi connectivity index (χ3n) is 3.95. The molecule has 3 rings (SSSR count). The van der Waals surface area contributed by atoms with Crippen LogP contribution in [0.5, 0.6) is 11.5 Å². The van der Waals surface area contributed by atoms with Gasteiger partial charge in [-0.25, -0.2) is 0 Å². The molecule has 0 radical (unpaired) electrons. The van der Waals surface area contributed by atoms with Gasteiger partial charge >= 0.3 is 0 Å². The molecule has 2 amide bonds. The molecule has 0 fully saturated rings. The van der Waals surface area contributed by atoms with Crippen LogP contribution in [0.1, 0.15) is 13.8 Å². The second-order valence-electron chi connectivity index (χ2n) is 5.82. The van der Waals surface area contributed by atoms with Crippen molar-refractivity contribution in [2.75, 3.05) is 23.4 Å². The van der Waals surface area contributed by atoms with Gasteiger partial charge in [-0.15, -0.1) is 0 Å². The van der Waals surface area contributed by atoms with Gasteiger partial charge in [-0.1, -0.05) is 11.6 Å². The summed E-state index contributed by atoms with van der Waals surface area (Å²) in [5, 5.41) is 3.36. The van der Waals surface area contributed by atoms with E-state index in [2.05, 4.69) is 5.32 Å². The Balaban J connectivity index is 1.67. The molecule has 6 nitrogen and oxygen atoms in total. The molecule has 0 saturated carbocycles. The Morgan fingerprint density at radius 2 is 2.00 bits per heavy atom. The average Bonchev–Trinajstić information content (AvgIpc) is 2.63. The van der Waals surface area contributed by atoms with E-state index in [1.165, 1.54) is 0 Å². The fraction of sp³-hybridized carbons (Fsp3) is 0.263. The van der Waals surface area contributed by atoms with Crippen LogP contribution in [0.25, 0.3) is 0 Å². The maximum atomic E-state index is 12.2. The lowest BCUT2D eigenvalue weighted by Crippen LogP contribution is -2.44. The number of fused-ring (bicyclic) bond motifs is 1. The summed E-state index contributed by atoms with van der Waals surface area (Å²) < 4.78 is 11.0. The van der Waals surface area contributed by atoms with E-state index in [1.807, 2.05) is 6.92 Å². The van der Waals surface area contributed by atoms with E-state index in [1.54, 1.807) is 54.3 Å². The number of halogens is 1. The van der Waals surface area contributed by atoms with Crippen LogP contribution in [0.15, 0.2) is 42.5 Å². The van der Waals surface area contributed by atoms with E-state index in [4.69, 9.17) is 21.1 Å². The lowest BCUT2D eigenvalue weighted by atomic mass is 10.1. The number of amides is 2. The first-order valence-corrected chi connectivity index (χ1v) is 8.66. The van der Waals surface area contributed by atoms with E-state index in [0.29, 0.717) is 34.4 Å². The van der Waals surface area contributed by atoms with Crippen molar-refractivity contribution in [3.63, 3.8) is 0 Å². The van der Waals surface area contributed by atoms with Crippen molar-refractivity contribution in [1.82, 2.24) is 0 Å². The molecule has 1 atom stereocenters. The van der Waals surface area contributed by atoms with Gasteiger partial charge in [0.1, 0.15) is 11.5 Å². The molecular weight excluding hydrogens is 356 g/mol. The Morgan fingerprint density at radius 3 is 2.69 bits per heavy atom. The summed E-state index contributed by atoms with van der Waals surface area (Å²) >= 11 is 5.81. The monoisotopic (exact) mass is 374 g/mol. The first-order chi connectivity index (χ1) is 12.5. The van der Waals surface area contributed by atoms with Crippen molar-refractivity contribution in [3.8, 4) is 11.5 Å². The summed E-state index contributed by atoms with van der Waals surface area (Å²) in [5.41, 5.74) is 1.21. The zero-order valence-electron chi connectivity index (χ0n) is 14.5. The van der Waals surface area contributed by atoms with Crippen LogP contribution in [0.2, 0.25) is 5.02 Å². The number of benzene rings is 2. The summed E-state index contributed by atoms with van der Waals surface area (Å²) in [6.45, 7) is 4.00. The van der Waals surface area contributed by atoms with Gasteiger partial charge in [-0.05, 0) is 56.3 Å². The van der Waals surface area contributed by atoms with Crippen molar-refractivity contribution in [2.45, 2.75) is 20.0 Å². The van der Waals surface area contributed by atoms with Gasteiger partial charge in [0.25, 0.3) is 11.8 Å². The topological polar surface area (TPSA) is 67.9 Å². The molecule has 1 aliphatic rings. The summed E-state index contributed by atoms with van der Waals surface area (Å²) in [6, 6.07) is 12.0. The average molecular weight is 375 g/mol. The molecule has 1 N–H and O–H groups in total. The van der Waals surface area contributed by atoms with E-state index in [-0.39, 0.29) is 18.4 Å². The highest BCUT2D eigenvalue weighted by atomic mass is 35.5. The molecule has 26 heavy (non-hydrogen) atoms. The quantitative estimate of drug-likeness (QED) is 0.869. The molecule has 0 aliphatic carbocycles. The third kappa shape index (κ3) is 3.91. The first kappa shape index (κ1) is 18.1. The minimum atomic E-state index is -0.518. The Labute approximate surface area is 156 Å². The smallest absolute Gasteiger partial charge is 0.267 e. The minimum Gasteiger partial charge on any atom is -0.484 e. The Kier molecular flexibility index (Phi) is 5.32. The molecule has 1 heterocycles. The summed E-state index contributed by atoms with van der Waals surface area (Å²) in [6.07, 6.45) is -0.518. The first-order valence-electron chi connectivity index (χ1n) is 8.28. The molecule has 2 aromatic carbocycles. The molecular formula is C19H19ClN2O4. The van der Waals surface area contributed by atoms with Crippen molar-refractivity contribution in [2.24, 2.45) is 0 Å². The van der Waals surface area contributed by atoms with Crippen molar-refractivity contribution < 1.29 is 19.1 Å². The third-order valence-corrected chi connectivity index (χ3v) is 4.20. The number of carbonyl (C=O) groups is 2. The summed E-state index contributed by atoms with van der Waals surface area (Å²) in [5.74, 6) is 0.767.